The van der Waals surface area contributed by atoms with Crippen molar-refractivity contribution in [2.24, 2.45) is 0 Å². The maximum Gasteiger partial charge on any atom is 0.498 e. The molecule has 0 aliphatic carbocycles. The topological polar surface area (TPSA) is 49.2 Å². The van der Waals surface area contributed by atoms with Crippen molar-refractivity contribution < 1.29 is 9.31 Å². The van der Waals surface area contributed by atoms with Crippen LogP contribution in [0.3, 0.4) is 0 Å². The summed E-state index contributed by atoms with van der Waals surface area (Å²) in [7, 11) is -0.392. The van der Waals surface area contributed by atoms with E-state index in [0.717, 1.165) is 15.2 Å². The Labute approximate surface area is 130 Å². The average molecular weight is 356 g/mol. The van der Waals surface area contributed by atoms with Crippen molar-refractivity contribution in [1.29, 1.82) is 0 Å². The lowest BCUT2D eigenvalue weighted by Crippen LogP contribution is -2.41. The van der Waals surface area contributed by atoms with Gasteiger partial charge in [-0.1, -0.05) is 0 Å². The molecular formula is C12H15BBrN3O2S. The summed E-state index contributed by atoms with van der Waals surface area (Å²) in [5.41, 5.74) is 0.212. The van der Waals surface area contributed by atoms with E-state index in [9.17, 15) is 0 Å². The van der Waals surface area contributed by atoms with Gasteiger partial charge in [0, 0.05) is 23.2 Å². The van der Waals surface area contributed by atoms with Crippen LogP contribution in [0, 0.1) is 0 Å². The Balaban J connectivity index is 1.85. The molecule has 0 bridgehead atoms. The van der Waals surface area contributed by atoms with E-state index in [2.05, 4.69) is 26.0 Å². The Bertz CT molecular complexity index is 624. The van der Waals surface area contributed by atoms with Gasteiger partial charge >= 0.3 is 7.12 Å². The molecule has 1 saturated heterocycles. The Hall–Kier alpha value is -0.695. The van der Waals surface area contributed by atoms with Gasteiger partial charge in [-0.05, 0) is 43.6 Å². The van der Waals surface area contributed by atoms with E-state index < -0.39 is 7.12 Å². The molecule has 0 unspecified atom stereocenters. The van der Waals surface area contributed by atoms with Crippen molar-refractivity contribution in [3.63, 3.8) is 0 Å². The van der Waals surface area contributed by atoms with Crippen LogP contribution in [-0.2, 0) is 9.31 Å². The summed E-state index contributed by atoms with van der Waals surface area (Å²) in [6.07, 6.45) is 3.66. The first-order valence-electron chi connectivity index (χ1n) is 6.30. The van der Waals surface area contributed by atoms with Gasteiger partial charge in [-0.3, -0.25) is 0 Å². The Morgan fingerprint density at radius 2 is 1.90 bits per heavy atom. The molecule has 2 aromatic rings. The maximum atomic E-state index is 6.00. The fraction of sp³-hybridized carbons (Fsp3) is 0.500. The number of thiazole rings is 1. The second-order valence-electron chi connectivity index (χ2n) is 5.76. The highest BCUT2D eigenvalue weighted by atomic mass is 79.9. The van der Waals surface area contributed by atoms with E-state index in [1.807, 2.05) is 39.3 Å². The fourth-order valence-corrected chi connectivity index (χ4v) is 3.07. The molecule has 0 atom stereocenters. The molecule has 1 fully saturated rings. The summed E-state index contributed by atoms with van der Waals surface area (Å²) in [6, 6.07) is 0. The highest BCUT2D eigenvalue weighted by molar-refractivity contribution is 9.10. The normalized spacial score (nSPS) is 20.6. The van der Waals surface area contributed by atoms with Crippen LogP contribution in [0.2, 0.25) is 0 Å². The van der Waals surface area contributed by atoms with Crippen LogP contribution < -0.4 is 5.46 Å². The van der Waals surface area contributed by atoms with Crippen LogP contribution in [0.1, 0.15) is 27.7 Å². The predicted octanol–water partition coefficient (Wildman–Crippen LogP) is 2.39. The van der Waals surface area contributed by atoms with E-state index in [-0.39, 0.29) is 11.2 Å². The molecule has 0 N–H and O–H groups in total. The van der Waals surface area contributed by atoms with Crippen molar-refractivity contribution in [3.05, 3.63) is 22.4 Å². The lowest BCUT2D eigenvalue weighted by atomic mass is 9.82. The molecule has 1 aliphatic rings. The molecule has 0 saturated carbocycles. The van der Waals surface area contributed by atoms with Gasteiger partial charge in [0.15, 0.2) is 0 Å². The molecule has 0 radical (unpaired) electrons. The van der Waals surface area contributed by atoms with Gasteiger partial charge < -0.3 is 9.31 Å². The summed E-state index contributed by atoms with van der Waals surface area (Å²) in [4.78, 5) is 4.33. The summed E-state index contributed by atoms with van der Waals surface area (Å²) in [5, 5.41) is 7.05. The second kappa shape index (κ2) is 4.66. The zero-order valence-electron chi connectivity index (χ0n) is 11.8. The molecule has 106 valence electrons. The minimum atomic E-state index is -0.392. The van der Waals surface area contributed by atoms with Crippen molar-refractivity contribution in [2.75, 3.05) is 0 Å². The Morgan fingerprint density at radius 1 is 1.25 bits per heavy atom. The molecule has 20 heavy (non-hydrogen) atoms. The van der Waals surface area contributed by atoms with Crippen LogP contribution in [0.5, 0.6) is 0 Å². The summed E-state index contributed by atoms with van der Waals surface area (Å²) in [5.74, 6) is 0. The second-order valence-corrected chi connectivity index (χ2v) is 7.41. The van der Waals surface area contributed by atoms with Crippen molar-refractivity contribution >= 4 is 39.8 Å². The average Bonchev–Trinajstić information content (AvgIpc) is 2.98. The number of hydrogen-bond acceptors (Lipinski definition) is 5. The highest BCUT2D eigenvalue weighted by Crippen LogP contribution is 2.36. The molecule has 8 heteroatoms. The molecule has 1 aliphatic heterocycles. The van der Waals surface area contributed by atoms with E-state index >= 15 is 0 Å². The van der Waals surface area contributed by atoms with Gasteiger partial charge in [-0.15, -0.1) is 11.3 Å². The van der Waals surface area contributed by atoms with E-state index in [0.29, 0.717) is 0 Å². The van der Waals surface area contributed by atoms with Crippen molar-refractivity contribution in [1.82, 2.24) is 14.8 Å². The number of hydrogen-bond donors (Lipinski definition) is 0. The summed E-state index contributed by atoms with van der Waals surface area (Å²) < 4.78 is 14.5. The largest absolute Gasteiger partial charge is 0.498 e. The van der Waals surface area contributed by atoms with Crippen LogP contribution in [-0.4, -0.2) is 33.1 Å². The SMILES string of the molecule is CC1(C)OB(c2cnn(-c3nc(Br)cs3)c2)OC1(C)C. The van der Waals surface area contributed by atoms with E-state index in [4.69, 9.17) is 9.31 Å². The van der Waals surface area contributed by atoms with Crippen LogP contribution in [0.25, 0.3) is 5.13 Å². The predicted molar refractivity (Wildman–Crippen MR) is 82.7 cm³/mol. The summed E-state index contributed by atoms with van der Waals surface area (Å²) >= 11 is 4.86. The van der Waals surface area contributed by atoms with Gasteiger partial charge in [0.1, 0.15) is 4.60 Å². The number of rotatable bonds is 2. The van der Waals surface area contributed by atoms with Crippen LogP contribution in [0.15, 0.2) is 22.4 Å². The maximum absolute atomic E-state index is 6.00. The highest BCUT2D eigenvalue weighted by Gasteiger charge is 2.52. The zero-order chi connectivity index (χ0) is 14.5. The molecule has 5 nitrogen and oxygen atoms in total. The molecule has 2 aromatic heterocycles. The van der Waals surface area contributed by atoms with Crippen LogP contribution in [0.4, 0.5) is 0 Å². The van der Waals surface area contributed by atoms with Gasteiger partial charge in [0.25, 0.3) is 0 Å². The van der Waals surface area contributed by atoms with E-state index in [1.165, 1.54) is 11.3 Å². The third-order valence-corrected chi connectivity index (χ3v) is 5.33. The minimum absolute atomic E-state index is 0.343. The summed E-state index contributed by atoms with van der Waals surface area (Å²) in [6.45, 7) is 8.15. The third-order valence-electron chi connectivity index (χ3n) is 3.79. The molecule has 0 spiro atoms. The van der Waals surface area contributed by atoms with Crippen molar-refractivity contribution in [2.45, 2.75) is 38.9 Å². The fourth-order valence-electron chi connectivity index (χ4n) is 1.89. The molecular weight excluding hydrogens is 341 g/mol. The zero-order valence-corrected chi connectivity index (χ0v) is 14.2. The standard InChI is InChI=1S/C12H15BBrN3O2S/c1-11(2)12(3,4)19-13(18-11)8-5-15-17(6-8)10-16-9(14)7-20-10/h5-7H,1-4H3. The number of aromatic nitrogens is 3. The van der Waals surface area contributed by atoms with Gasteiger partial charge in [-0.25, -0.2) is 9.67 Å². The quantitative estimate of drug-likeness (QED) is 0.776. The molecule has 0 aromatic carbocycles. The molecule has 3 rings (SSSR count). The lowest BCUT2D eigenvalue weighted by Gasteiger charge is -2.32. The first kappa shape index (κ1) is 14.3. The van der Waals surface area contributed by atoms with Gasteiger partial charge in [0.2, 0.25) is 5.13 Å². The molecule has 3 heterocycles. The first-order valence-corrected chi connectivity index (χ1v) is 7.97. The third kappa shape index (κ3) is 2.34. The van der Waals surface area contributed by atoms with E-state index in [1.54, 1.807) is 10.9 Å². The Morgan fingerprint density at radius 3 is 2.45 bits per heavy atom. The smallest absolute Gasteiger partial charge is 0.399 e. The van der Waals surface area contributed by atoms with Gasteiger partial charge in [-0.2, -0.15) is 5.10 Å². The molecule has 0 amide bonds. The number of halogens is 1. The minimum Gasteiger partial charge on any atom is -0.399 e. The first-order chi connectivity index (χ1) is 9.28. The van der Waals surface area contributed by atoms with Gasteiger partial charge in [0.05, 0.1) is 11.2 Å². The van der Waals surface area contributed by atoms with Crippen LogP contribution >= 0.6 is 27.3 Å². The number of nitrogens with zero attached hydrogens (tertiary/aromatic N) is 3. The lowest BCUT2D eigenvalue weighted by molar-refractivity contribution is 0.00578. The van der Waals surface area contributed by atoms with Crippen molar-refractivity contribution in [3.8, 4) is 5.13 Å². The monoisotopic (exact) mass is 355 g/mol. The Kier molecular flexibility index (Phi) is 3.32.